The third-order valence-electron chi connectivity index (χ3n) is 2.26. The zero-order valence-corrected chi connectivity index (χ0v) is 9.83. The average molecular weight is 201 g/mol. The molecule has 0 bridgehead atoms. The molecule has 0 saturated carbocycles. The number of nitrogens with two attached hydrogens (primary N) is 1. The summed E-state index contributed by atoms with van der Waals surface area (Å²) in [5.74, 6) is 1.15. The van der Waals surface area contributed by atoms with Gasteiger partial charge in [-0.25, -0.2) is 0 Å². The van der Waals surface area contributed by atoms with Gasteiger partial charge in [-0.05, 0) is 31.3 Å². The molecule has 0 aliphatic rings. The summed E-state index contributed by atoms with van der Waals surface area (Å²) in [4.78, 5) is 0. The standard InChI is InChI=1S/C11H23NS/c1-4-5-6-7-10(2)11(12)8-9-13-3/h11H,2,4-9,12H2,1,3H3/t11-/m0/s1. The lowest BCUT2D eigenvalue weighted by molar-refractivity contribution is 0.652. The Balaban J connectivity index is 3.45. The van der Waals surface area contributed by atoms with Gasteiger partial charge in [-0.1, -0.05) is 31.9 Å². The predicted octanol–water partition coefficient (Wildman–Crippen LogP) is 3.20. The highest BCUT2D eigenvalue weighted by Gasteiger charge is 2.05. The van der Waals surface area contributed by atoms with E-state index in [1.54, 1.807) is 0 Å². The Labute approximate surface area is 87.2 Å². The Hall–Kier alpha value is 0.0500. The van der Waals surface area contributed by atoms with Gasteiger partial charge >= 0.3 is 0 Å². The molecule has 0 unspecified atom stereocenters. The van der Waals surface area contributed by atoms with Crippen LogP contribution in [0.2, 0.25) is 0 Å². The van der Waals surface area contributed by atoms with E-state index < -0.39 is 0 Å². The SMILES string of the molecule is C=C(CCCCC)[C@@H](N)CCSC. The second-order valence-electron chi connectivity index (χ2n) is 3.50. The molecule has 1 nitrogen and oxygen atoms in total. The van der Waals surface area contributed by atoms with Gasteiger partial charge in [0.2, 0.25) is 0 Å². The molecule has 0 rings (SSSR count). The van der Waals surface area contributed by atoms with Gasteiger partial charge in [-0.15, -0.1) is 0 Å². The molecule has 2 N–H and O–H groups in total. The van der Waals surface area contributed by atoms with Crippen LogP contribution in [0.1, 0.15) is 39.0 Å². The highest BCUT2D eigenvalue weighted by atomic mass is 32.2. The molecule has 1 atom stereocenters. The monoisotopic (exact) mass is 201 g/mol. The van der Waals surface area contributed by atoms with Gasteiger partial charge < -0.3 is 5.73 Å². The van der Waals surface area contributed by atoms with E-state index in [1.807, 2.05) is 11.8 Å². The van der Waals surface area contributed by atoms with E-state index in [1.165, 1.54) is 24.8 Å². The Morgan fingerprint density at radius 2 is 2.15 bits per heavy atom. The fraction of sp³-hybridized carbons (Fsp3) is 0.818. The molecule has 2 heteroatoms. The lowest BCUT2D eigenvalue weighted by Gasteiger charge is -2.13. The number of rotatable bonds is 8. The van der Waals surface area contributed by atoms with Gasteiger partial charge in [-0.2, -0.15) is 11.8 Å². The molecule has 0 fully saturated rings. The maximum Gasteiger partial charge on any atom is 0.0258 e. The Kier molecular flexibility index (Phi) is 8.67. The van der Waals surface area contributed by atoms with Gasteiger partial charge in [0.15, 0.2) is 0 Å². The molecule has 0 aromatic carbocycles. The summed E-state index contributed by atoms with van der Waals surface area (Å²) in [5.41, 5.74) is 7.21. The van der Waals surface area contributed by atoms with Crippen molar-refractivity contribution in [3.05, 3.63) is 12.2 Å². The van der Waals surface area contributed by atoms with E-state index in [4.69, 9.17) is 5.73 Å². The first kappa shape index (κ1) is 13.1. The summed E-state index contributed by atoms with van der Waals surface area (Å²) in [6.07, 6.45) is 8.13. The van der Waals surface area contributed by atoms with Gasteiger partial charge in [0.25, 0.3) is 0 Å². The molecule has 0 amide bonds. The molecule has 0 aliphatic carbocycles. The molecular weight excluding hydrogens is 178 g/mol. The number of unbranched alkanes of at least 4 members (excludes halogenated alkanes) is 2. The van der Waals surface area contributed by atoms with Crippen LogP contribution < -0.4 is 5.73 Å². The summed E-state index contributed by atoms with van der Waals surface area (Å²) < 4.78 is 0. The summed E-state index contributed by atoms with van der Waals surface area (Å²) in [6.45, 7) is 6.26. The van der Waals surface area contributed by atoms with Crippen LogP contribution in [0.15, 0.2) is 12.2 Å². The topological polar surface area (TPSA) is 26.0 Å². The second-order valence-corrected chi connectivity index (χ2v) is 4.49. The molecule has 78 valence electrons. The van der Waals surface area contributed by atoms with Crippen LogP contribution in [-0.4, -0.2) is 18.1 Å². The van der Waals surface area contributed by atoms with Crippen molar-refractivity contribution in [2.45, 2.75) is 45.1 Å². The van der Waals surface area contributed by atoms with Gasteiger partial charge in [0.1, 0.15) is 0 Å². The molecule has 0 saturated heterocycles. The smallest absolute Gasteiger partial charge is 0.0258 e. The minimum Gasteiger partial charge on any atom is -0.324 e. The zero-order valence-electron chi connectivity index (χ0n) is 9.01. The van der Waals surface area contributed by atoms with Crippen LogP contribution >= 0.6 is 11.8 Å². The van der Waals surface area contributed by atoms with Crippen LogP contribution in [0.3, 0.4) is 0 Å². The van der Waals surface area contributed by atoms with E-state index in [0.717, 1.165) is 18.6 Å². The van der Waals surface area contributed by atoms with E-state index in [0.29, 0.717) is 0 Å². The number of thioether (sulfide) groups is 1. The summed E-state index contributed by atoms with van der Waals surface area (Å²) >= 11 is 1.85. The van der Waals surface area contributed by atoms with Crippen molar-refractivity contribution in [3.8, 4) is 0 Å². The van der Waals surface area contributed by atoms with Crippen molar-refractivity contribution >= 4 is 11.8 Å². The third-order valence-corrected chi connectivity index (χ3v) is 2.90. The van der Waals surface area contributed by atoms with Gasteiger partial charge in [0, 0.05) is 6.04 Å². The van der Waals surface area contributed by atoms with Crippen molar-refractivity contribution in [3.63, 3.8) is 0 Å². The highest BCUT2D eigenvalue weighted by Crippen LogP contribution is 2.13. The van der Waals surface area contributed by atoms with Crippen LogP contribution in [0.25, 0.3) is 0 Å². The van der Waals surface area contributed by atoms with E-state index >= 15 is 0 Å². The van der Waals surface area contributed by atoms with Crippen molar-refractivity contribution < 1.29 is 0 Å². The van der Waals surface area contributed by atoms with Crippen LogP contribution in [0.5, 0.6) is 0 Å². The Morgan fingerprint density at radius 3 is 2.69 bits per heavy atom. The van der Waals surface area contributed by atoms with Gasteiger partial charge in [-0.3, -0.25) is 0 Å². The van der Waals surface area contributed by atoms with Crippen molar-refractivity contribution in [1.29, 1.82) is 0 Å². The molecule has 0 radical (unpaired) electrons. The fourth-order valence-corrected chi connectivity index (χ4v) is 1.73. The lowest BCUT2D eigenvalue weighted by atomic mass is 10.0. The molecule has 0 spiro atoms. The largest absolute Gasteiger partial charge is 0.324 e. The fourth-order valence-electron chi connectivity index (χ4n) is 1.24. The zero-order chi connectivity index (χ0) is 10.1. The maximum atomic E-state index is 5.97. The summed E-state index contributed by atoms with van der Waals surface area (Å²) in [6, 6.07) is 0.226. The van der Waals surface area contributed by atoms with E-state index in [-0.39, 0.29) is 6.04 Å². The van der Waals surface area contributed by atoms with E-state index in [9.17, 15) is 0 Å². The highest BCUT2D eigenvalue weighted by molar-refractivity contribution is 7.98. The maximum absolute atomic E-state index is 5.97. The Morgan fingerprint density at radius 1 is 1.46 bits per heavy atom. The quantitative estimate of drug-likeness (QED) is 0.482. The minimum atomic E-state index is 0.226. The molecule has 0 aliphatic heterocycles. The van der Waals surface area contributed by atoms with Gasteiger partial charge in [0.05, 0.1) is 0 Å². The van der Waals surface area contributed by atoms with Crippen LogP contribution in [0, 0.1) is 0 Å². The summed E-state index contributed by atoms with van der Waals surface area (Å²) in [7, 11) is 0. The predicted molar refractivity (Wildman–Crippen MR) is 64.3 cm³/mol. The van der Waals surface area contributed by atoms with Crippen LogP contribution in [-0.2, 0) is 0 Å². The first-order valence-electron chi connectivity index (χ1n) is 5.14. The second kappa shape index (κ2) is 8.64. The van der Waals surface area contributed by atoms with E-state index in [2.05, 4.69) is 19.8 Å². The Bertz CT molecular complexity index is 134. The lowest BCUT2D eigenvalue weighted by Crippen LogP contribution is -2.22. The normalized spacial score (nSPS) is 12.8. The molecule has 0 aromatic heterocycles. The average Bonchev–Trinajstić information content (AvgIpc) is 2.14. The molecule has 0 aromatic rings. The summed E-state index contributed by atoms with van der Waals surface area (Å²) in [5, 5.41) is 0. The number of hydrogen-bond donors (Lipinski definition) is 1. The van der Waals surface area contributed by atoms with Crippen molar-refractivity contribution in [1.82, 2.24) is 0 Å². The third kappa shape index (κ3) is 7.15. The number of hydrogen-bond acceptors (Lipinski definition) is 2. The van der Waals surface area contributed by atoms with Crippen molar-refractivity contribution in [2.24, 2.45) is 5.73 Å². The van der Waals surface area contributed by atoms with Crippen molar-refractivity contribution in [2.75, 3.05) is 12.0 Å². The van der Waals surface area contributed by atoms with Crippen LogP contribution in [0.4, 0.5) is 0 Å². The molecule has 0 heterocycles. The first-order valence-corrected chi connectivity index (χ1v) is 6.54. The molecule has 13 heavy (non-hydrogen) atoms. The minimum absolute atomic E-state index is 0.226. The first-order chi connectivity index (χ1) is 6.22. The molecular formula is C11H23NS.